The van der Waals surface area contributed by atoms with Crippen molar-refractivity contribution in [3.63, 3.8) is 0 Å². The van der Waals surface area contributed by atoms with E-state index in [2.05, 4.69) is 26.8 Å². The van der Waals surface area contributed by atoms with E-state index in [-0.39, 0.29) is 17.2 Å². The van der Waals surface area contributed by atoms with Gasteiger partial charge in [-0.1, -0.05) is 15.9 Å². The second-order valence-electron chi connectivity index (χ2n) is 4.55. The average Bonchev–Trinajstić information content (AvgIpc) is 2.94. The lowest BCUT2D eigenvalue weighted by Crippen LogP contribution is -2.43. The van der Waals surface area contributed by atoms with E-state index < -0.39 is 16.7 Å². The van der Waals surface area contributed by atoms with Gasteiger partial charge in [-0.25, -0.2) is 0 Å². The molecule has 0 aliphatic heterocycles. The fraction of sp³-hybridized carbons (Fsp3) is 0.143. The Balaban J connectivity index is 1.82. The summed E-state index contributed by atoms with van der Waals surface area (Å²) in [6.07, 6.45) is 0. The smallest absolute Gasteiger partial charge is 0.283 e. The zero-order valence-corrected chi connectivity index (χ0v) is 14.8. The van der Waals surface area contributed by atoms with Crippen molar-refractivity contribution >= 4 is 44.8 Å². The maximum absolute atomic E-state index is 11.9. The first-order valence-electron chi connectivity index (χ1n) is 6.59. The molecule has 0 unspecified atom stereocenters. The first-order valence-corrected chi connectivity index (χ1v) is 8.20. The molecule has 2 amide bonds. The Kier molecular flexibility index (Phi) is 5.88. The van der Waals surface area contributed by atoms with Gasteiger partial charge in [0.05, 0.1) is 9.80 Å². The Morgan fingerprint density at radius 1 is 1.29 bits per heavy atom. The van der Waals surface area contributed by atoms with Gasteiger partial charge >= 0.3 is 0 Å². The maximum Gasteiger partial charge on any atom is 0.283 e. The number of nitro groups is 1. The highest BCUT2D eigenvalue weighted by Crippen LogP contribution is 2.27. The molecule has 0 saturated carbocycles. The van der Waals surface area contributed by atoms with Crippen molar-refractivity contribution < 1.29 is 19.2 Å². The quantitative estimate of drug-likeness (QED) is 0.577. The third kappa shape index (κ3) is 4.77. The summed E-state index contributed by atoms with van der Waals surface area (Å²) in [5.74, 6) is -0.688. The van der Waals surface area contributed by atoms with Crippen LogP contribution in [0, 0.1) is 17.0 Å². The minimum atomic E-state index is -0.631. The van der Waals surface area contributed by atoms with Crippen LogP contribution < -0.4 is 15.6 Å². The number of aryl methyl sites for hydroxylation is 1. The summed E-state index contributed by atoms with van der Waals surface area (Å²) >= 11 is 4.25. The average molecular weight is 414 g/mol. The molecular formula is C14H12BrN3O5S. The zero-order chi connectivity index (χ0) is 17.7. The van der Waals surface area contributed by atoms with E-state index in [1.807, 2.05) is 0 Å². The number of benzene rings is 1. The van der Waals surface area contributed by atoms with Gasteiger partial charge in [-0.2, -0.15) is 0 Å². The number of thiophene rings is 1. The normalized spacial score (nSPS) is 10.1. The van der Waals surface area contributed by atoms with Gasteiger partial charge in [0, 0.05) is 10.5 Å². The van der Waals surface area contributed by atoms with Gasteiger partial charge in [-0.05, 0) is 31.2 Å². The predicted octanol–water partition coefficient (Wildman–Crippen LogP) is 2.57. The number of carbonyl (C=O) groups excluding carboxylic acids is 2. The largest absolute Gasteiger partial charge is 0.484 e. The van der Waals surface area contributed by atoms with Gasteiger partial charge in [-0.15, -0.1) is 11.3 Å². The van der Waals surface area contributed by atoms with Crippen molar-refractivity contribution in [3.8, 4) is 5.75 Å². The van der Waals surface area contributed by atoms with Crippen LogP contribution in [-0.2, 0) is 4.79 Å². The fourth-order valence-corrected chi connectivity index (χ4v) is 2.82. The van der Waals surface area contributed by atoms with Crippen LogP contribution in [0.4, 0.5) is 5.69 Å². The lowest BCUT2D eigenvalue weighted by molar-refractivity contribution is -0.385. The van der Waals surface area contributed by atoms with Crippen molar-refractivity contribution in [2.75, 3.05) is 6.61 Å². The molecule has 2 aromatic rings. The molecule has 0 fully saturated rings. The van der Waals surface area contributed by atoms with Gasteiger partial charge < -0.3 is 4.74 Å². The summed E-state index contributed by atoms with van der Waals surface area (Å²) in [6, 6.07) is 8.06. The molecule has 1 aromatic carbocycles. The number of amides is 2. The monoisotopic (exact) mass is 413 g/mol. The number of carbonyl (C=O) groups is 2. The second kappa shape index (κ2) is 7.88. The van der Waals surface area contributed by atoms with Crippen molar-refractivity contribution in [1.29, 1.82) is 0 Å². The third-order valence-electron chi connectivity index (χ3n) is 2.81. The number of hydrazine groups is 1. The number of ether oxygens (including phenoxy) is 1. The molecule has 0 atom stereocenters. The Morgan fingerprint density at radius 2 is 1.96 bits per heavy atom. The van der Waals surface area contributed by atoms with Crippen LogP contribution in [0.2, 0.25) is 0 Å². The Hall–Kier alpha value is -2.46. The molecule has 0 bridgehead atoms. The van der Waals surface area contributed by atoms with Gasteiger partial charge in [0.1, 0.15) is 10.6 Å². The summed E-state index contributed by atoms with van der Waals surface area (Å²) in [5.41, 5.74) is 4.24. The number of hydrogen-bond acceptors (Lipinski definition) is 6. The minimum Gasteiger partial charge on any atom is -0.484 e. The lowest BCUT2D eigenvalue weighted by atomic mass is 10.3. The Morgan fingerprint density at radius 3 is 2.54 bits per heavy atom. The van der Waals surface area contributed by atoms with E-state index in [1.165, 1.54) is 6.07 Å². The Labute approximate surface area is 149 Å². The first kappa shape index (κ1) is 17.9. The molecule has 0 saturated heterocycles. The summed E-state index contributed by atoms with van der Waals surface area (Å²) < 4.78 is 6.13. The molecule has 2 N–H and O–H groups in total. The van der Waals surface area contributed by atoms with E-state index in [1.54, 1.807) is 31.2 Å². The summed E-state index contributed by atoms with van der Waals surface area (Å²) in [6.45, 7) is 1.26. The standard InChI is InChI=1S/C14H12BrN3O5S/c1-8-11(18(21)22)6-12(24-8)14(20)17-16-13(19)7-23-10-4-2-9(15)3-5-10/h2-6H,7H2,1H3,(H,16,19)(H,17,20). The number of nitrogens with one attached hydrogen (secondary N) is 2. The van der Waals surface area contributed by atoms with Crippen molar-refractivity contribution in [2.45, 2.75) is 6.92 Å². The molecule has 126 valence electrons. The molecule has 1 heterocycles. The van der Waals surface area contributed by atoms with Crippen molar-refractivity contribution in [2.24, 2.45) is 0 Å². The molecule has 1 aromatic heterocycles. The highest BCUT2D eigenvalue weighted by atomic mass is 79.9. The second-order valence-corrected chi connectivity index (χ2v) is 6.73. The zero-order valence-electron chi connectivity index (χ0n) is 12.4. The van der Waals surface area contributed by atoms with Gasteiger partial charge in [0.2, 0.25) is 0 Å². The molecular weight excluding hydrogens is 402 g/mol. The summed E-state index contributed by atoms with van der Waals surface area (Å²) in [5, 5.41) is 10.8. The number of rotatable bonds is 5. The molecule has 24 heavy (non-hydrogen) atoms. The Bertz CT molecular complexity index is 775. The van der Waals surface area contributed by atoms with Crippen LogP contribution in [0.1, 0.15) is 14.5 Å². The van der Waals surface area contributed by atoms with E-state index in [0.717, 1.165) is 15.8 Å². The highest BCUT2D eigenvalue weighted by Gasteiger charge is 2.19. The summed E-state index contributed by atoms with van der Waals surface area (Å²) in [7, 11) is 0. The molecule has 8 nitrogen and oxygen atoms in total. The van der Waals surface area contributed by atoms with E-state index >= 15 is 0 Å². The lowest BCUT2D eigenvalue weighted by Gasteiger charge is -2.08. The van der Waals surface area contributed by atoms with Crippen LogP contribution in [0.5, 0.6) is 5.75 Å². The molecule has 0 aliphatic carbocycles. The molecule has 0 spiro atoms. The van der Waals surface area contributed by atoms with Crippen LogP contribution in [0.15, 0.2) is 34.8 Å². The van der Waals surface area contributed by atoms with Crippen molar-refractivity contribution in [3.05, 3.63) is 54.7 Å². The molecule has 0 radical (unpaired) electrons. The van der Waals surface area contributed by atoms with Crippen LogP contribution >= 0.6 is 27.3 Å². The minimum absolute atomic E-state index is 0.130. The number of halogens is 1. The predicted molar refractivity (Wildman–Crippen MR) is 91.0 cm³/mol. The van der Waals surface area contributed by atoms with Crippen LogP contribution in [0.25, 0.3) is 0 Å². The van der Waals surface area contributed by atoms with Crippen LogP contribution in [-0.4, -0.2) is 23.3 Å². The molecule has 10 heteroatoms. The molecule has 0 aliphatic rings. The van der Waals surface area contributed by atoms with E-state index in [9.17, 15) is 19.7 Å². The highest BCUT2D eigenvalue weighted by molar-refractivity contribution is 9.10. The maximum atomic E-state index is 11.9. The first-order chi connectivity index (χ1) is 11.4. The topological polar surface area (TPSA) is 111 Å². The third-order valence-corrected chi connectivity index (χ3v) is 4.38. The number of nitrogens with zero attached hydrogens (tertiary/aromatic N) is 1. The van der Waals surface area contributed by atoms with Crippen molar-refractivity contribution in [1.82, 2.24) is 10.9 Å². The van der Waals surface area contributed by atoms with Gasteiger partial charge in [0.15, 0.2) is 6.61 Å². The molecule has 2 rings (SSSR count). The van der Waals surface area contributed by atoms with Gasteiger partial charge in [-0.3, -0.25) is 30.6 Å². The SMILES string of the molecule is Cc1sc(C(=O)NNC(=O)COc2ccc(Br)cc2)cc1[N+](=O)[O-]. The van der Waals surface area contributed by atoms with E-state index in [0.29, 0.717) is 10.6 Å². The fourth-order valence-electron chi connectivity index (χ4n) is 1.67. The van der Waals surface area contributed by atoms with Crippen LogP contribution in [0.3, 0.4) is 0 Å². The van der Waals surface area contributed by atoms with E-state index in [4.69, 9.17) is 4.74 Å². The van der Waals surface area contributed by atoms with Gasteiger partial charge in [0.25, 0.3) is 17.5 Å². The number of hydrogen-bond donors (Lipinski definition) is 2. The summed E-state index contributed by atoms with van der Waals surface area (Å²) in [4.78, 5) is 34.2.